The minimum atomic E-state index is -0.569. The highest BCUT2D eigenvalue weighted by atomic mass is 16.6. The summed E-state index contributed by atoms with van der Waals surface area (Å²) in [5.74, 6) is 3.99. The quantitative estimate of drug-likeness (QED) is 0.102. The smallest absolute Gasteiger partial charge is 0.343 e. The molecule has 0 aromatic heterocycles. The van der Waals surface area contributed by atoms with Gasteiger partial charge in [-0.25, -0.2) is 14.4 Å². The van der Waals surface area contributed by atoms with Gasteiger partial charge < -0.3 is 23.7 Å². The van der Waals surface area contributed by atoms with Crippen LogP contribution in [-0.4, -0.2) is 43.3 Å². The Morgan fingerprint density at radius 3 is 1.88 bits per heavy atom. The maximum atomic E-state index is 13.7. The average molecular weight is 787 g/mol. The van der Waals surface area contributed by atoms with E-state index in [0.29, 0.717) is 63.7 Å². The topological polar surface area (TPSA) is 97.4 Å². The number of esters is 3. The molecule has 4 fully saturated rings. The van der Waals surface area contributed by atoms with Crippen LogP contribution in [0.5, 0.6) is 11.5 Å². The van der Waals surface area contributed by atoms with Crippen LogP contribution >= 0.6 is 0 Å². The lowest BCUT2D eigenvalue weighted by Gasteiger charge is -2.54. The Morgan fingerprint density at radius 1 is 0.672 bits per heavy atom. The first-order chi connectivity index (χ1) is 28.2. The Morgan fingerprint density at radius 2 is 1.26 bits per heavy atom. The molecule has 0 spiro atoms. The highest BCUT2D eigenvalue weighted by Gasteiger charge is 2.61. The summed E-state index contributed by atoms with van der Waals surface area (Å²) in [5.41, 5.74) is 3.83. The SMILES string of the molecule is CCCCCCc1ccc(C(=O)Oc2ccc(C(=O)Oc3ccc(C(=O)OC4CC5C(CC4OC)C4OC(C)=CC=C4C4C(C)C6CCCCC6C54)cc3)cc2)cc1. The van der Waals surface area contributed by atoms with Gasteiger partial charge in [-0.05, 0) is 159 Å². The lowest BCUT2D eigenvalue weighted by atomic mass is 9.55. The number of aryl methyl sites for hydroxylation is 1. The number of benzene rings is 3. The lowest BCUT2D eigenvalue weighted by molar-refractivity contribution is -0.127. The molecule has 8 rings (SSSR count). The molecule has 58 heavy (non-hydrogen) atoms. The molecule has 3 aromatic rings. The highest BCUT2D eigenvalue weighted by Crippen LogP contribution is 2.64. The number of methoxy groups -OCH3 is 1. The molecule has 4 aliphatic carbocycles. The second kappa shape index (κ2) is 17.7. The van der Waals surface area contributed by atoms with Gasteiger partial charge in [0.15, 0.2) is 0 Å². The predicted octanol–water partition coefficient (Wildman–Crippen LogP) is 10.7. The number of carbonyl (C=O) groups excluding carboxylic acids is 3. The van der Waals surface area contributed by atoms with Crippen LogP contribution in [0.4, 0.5) is 0 Å². The van der Waals surface area contributed by atoms with Crippen molar-refractivity contribution < 1.29 is 38.1 Å². The van der Waals surface area contributed by atoms with Crippen molar-refractivity contribution in [2.24, 2.45) is 41.4 Å². The fourth-order valence-corrected chi connectivity index (χ4v) is 11.3. The van der Waals surface area contributed by atoms with Crippen LogP contribution in [-0.2, 0) is 20.6 Å². The van der Waals surface area contributed by atoms with Crippen molar-refractivity contribution in [1.82, 2.24) is 0 Å². The van der Waals surface area contributed by atoms with Crippen molar-refractivity contribution in [1.29, 1.82) is 0 Å². The van der Waals surface area contributed by atoms with E-state index < -0.39 is 17.9 Å². The summed E-state index contributed by atoms with van der Waals surface area (Å²) in [6.07, 6.45) is 16.5. The zero-order chi connectivity index (χ0) is 40.3. The molecular weight excluding hydrogens is 729 g/mol. The van der Waals surface area contributed by atoms with Gasteiger partial charge in [0, 0.05) is 13.0 Å². The van der Waals surface area contributed by atoms with Crippen LogP contribution < -0.4 is 9.47 Å². The summed E-state index contributed by atoms with van der Waals surface area (Å²) in [6.45, 7) is 6.72. The van der Waals surface area contributed by atoms with Gasteiger partial charge in [-0.1, -0.05) is 64.2 Å². The number of carbonyl (C=O) groups is 3. The van der Waals surface area contributed by atoms with Crippen LogP contribution in [0.2, 0.25) is 0 Å². The number of ether oxygens (including phenoxy) is 5. The van der Waals surface area contributed by atoms with Crippen molar-refractivity contribution in [3.8, 4) is 11.5 Å². The first kappa shape index (κ1) is 40.1. The minimum Gasteiger partial charge on any atom is -0.490 e. The summed E-state index contributed by atoms with van der Waals surface area (Å²) in [4.78, 5) is 39.4. The Labute approximate surface area is 343 Å². The molecule has 4 saturated carbocycles. The van der Waals surface area contributed by atoms with Crippen molar-refractivity contribution in [3.05, 3.63) is 119 Å². The van der Waals surface area contributed by atoms with Gasteiger partial charge in [-0.15, -0.1) is 0 Å². The van der Waals surface area contributed by atoms with E-state index in [1.165, 1.54) is 56.1 Å². The molecule has 1 aliphatic heterocycles. The third-order valence-corrected chi connectivity index (χ3v) is 14.1. The normalized spacial score (nSPS) is 29.6. The molecule has 10 unspecified atom stereocenters. The third kappa shape index (κ3) is 8.27. The van der Waals surface area contributed by atoms with E-state index in [-0.39, 0.29) is 18.3 Å². The van der Waals surface area contributed by atoms with Crippen LogP contribution in [0.25, 0.3) is 0 Å². The first-order valence-electron chi connectivity index (χ1n) is 21.7. The van der Waals surface area contributed by atoms with E-state index >= 15 is 0 Å². The van der Waals surface area contributed by atoms with Crippen LogP contribution in [0.15, 0.2) is 96.3 Å². The molecule has 0 bridgehead atoms. The summed E-state index contributed by atoms with van der Waals surface area (Å²) < 4.78 is 30.2. The van der Waals surface area contributed by atoms with Gasteiger partial charge in [0.2, 0.25) is 0 Å². The second-order valence-electron chi connectivity index (χ2n) is 17.4. The summed E-state index contributed by atoms with van der Waals surface area (Å²) in [6, 6.07) is 20.2. The lowest BCUT2D eigenvalue weighted by Crippen LogP contribution is -2.54. The molecule has 8 nitrogen and oxygen atoms in total. The standard InChI is InChI=1S/C50H58O8/c1-5-6-7-8-11-32-15-17-33(18-16-32)48(51)56-36-23-19-34(20-24-36)49(52)57-37-25-21-35(22-26-37)50(53)58-44-28-41-42(29-43(44)54-4)47-40(27-14-30(2)55-47)45-31(3)38-12-9-10-13-39(38)46(41)45/h14-27,31,38-39,41-47H,5-13,28-29H2,1-4H3. The second-order valence-corrected chi connectivity index (χ2v) is 17.4. The summed E-state index contributed by atoms with van der Waals surface area (Å²) >= 11 is 0. The summed E-state index contributed by atoms with van der Waals surface area (Å²) in [5, 5.41) is 0. The molecule has 306 valence electrons. The minimum absolute atomic E-state index is 0.0528. The molecule has 10 atom stereocenters. The van der Waals surface area contributed by atoms with E-state index in [4.69, 9.17) is 23.7 Å². The molecule has 1 heterocycles. The van der Waals surface area contributed by atoms with E-state index in [0.717, 1.165) is 37.4 Å². The zero-order valence-electron chi connectivity index (χ0n) is 34.4. The molecule has 3 aromatic carbocycles. The van der Waals surface area contributed by atoms with Crippen LogP contribution in [0.1, 0.15) is 122 Å². The Bertz CT molecular complexity index is 2000. The predicted molar refractivity (Wildman–Crippen MR) is 222 cm³/mol. The Balaban J connectivity index is 0.871. The molecular formula is C50H58O8. The Kier molecular flexibility index (Phi) is 12.2. The number of fused-ring (bicyclic) bond motifs is 8. The van der Waals surface area contributed by atoms with Gasteiger partial charge in [0.25, 0.3) is 0 Å². The summed E-state index contributed by atoms with van der Waals surface area (Å²) in [7, 11) is 1.72. The number of hydrogen-bond acceptors (Lipinski definition) is 8. The molecule has 0 N–H and O–H groups in total. The Hall–Kier alpha value is -4.69. The van der Waals surface area contributed by atoms with Gasteiger partial charge >= 0.3 is 17.9 Å². The van der Waals surface area contributed by atoms with Crippen molar-refractivity contribution in [2.75, 3.05) is 7.11 Å². The molecule has 5 aliphatic rings. The van der Waals surface area contributed by atoms with E-state index in [9.17, 15) is 14.4 Å². The van der Waals surface area contributed by atoms with Gasteiger partial charge in [0.1, 0.15) is 23.7 Å². The fraction of sp³-hybridized carbons (Fsp3) is 0.500. The number of unbranched alkanes of at least 4 members (excludes halogenated alkanes) is 3. The van der Waals surface area contributed by atoms with Gasteiger partial charge in [0.05, 0.1) is 28.6 Å². The first-order valence-corrected chi connectivity index (χ1v) is 21.7. The van der Waals surface area contributed by atoms with Gasteiger partial charge in [-0.2, -0.15) is 0 Å². The molecule has 0 amide bonds. The van der Waals surface area contributed by atoms with E-state index in [1.807, 2.05) is 19.1 Å². The maximum Gasteiger partial charge on any atom is 0.343 e. The third-order valence-electron chi connectivity index (χ3n) is 14.1. The van der Waals surface area contributed by atoms with Gasteiger partial charge in [-0.3, -0.25) is 0 Å². The van der Waals surface area contributed by atoms with Crippen molar-refractivity contribution in [3.63, 3.8) is 0 Å². The number of allylic oxidation sites excluding steroid dienone is 3. The van der Waals surface area contributed by atoms with E-state index in [2.05, 4.69) is 26.0 Å². The largest absolute Gasteiger partial charge is 0.490 e. The molecule has 0 radical (unpaired) electrons. The number of hydrogen-bond donors (Lipinski definition) is 0. The van der Waals surface area contributed by atoms with Crippen molar-refractivity contribution in [2.45, 2.75) is 110 Å². The van der Waals surface area contributed by atoms with Crippen LogP contribution in [0, 0.1) is 41.4 Å². The maximum absolute atomic E-state index is 13.7. The zero-order valence-corrected chi connectivity index (χ0v) is 34.4. The average Bonchev–Trinajstić information content (AvgIpc) is 3.54. The van der Waals surface area contributed by atoms with Crippen molar-refractivity contribution >= 4 is 17.9 Å². The molecule has 0 saturated heterocycles. The molecule has 8 heteroatoms. The fourth-order valence-electron chi connectivity index (χ4n) is 11.3. The number of rotatable bonds is 12. The van der Waals surface area contributed by atoms with Crippen LogP contribution in [0.3, 0.4) is 0 Å². The highest BCUT2D eigenvalue weighted by molar-refractivity contribution is 5.93. The monoisotopic (exact) mass is 786 g/mol. The van der Waals surface area contributed by atoms with E-state index in [1.54, 1.807) is 67.8 Å².